The Morgan fingerprint density at radius 1 is 1.24 bits per heavy atom. The van der Waals surface area contributed by atoms with Crippen LogP contribution in [0.1, 0.15) is 20.8 Å². The van der Waals surface area contributed by atoms with Gasteiger partial charge in [0, 0.05) is 16.1 Å². The molecule has 6 nitrogen and oxygen atoms in total. The molecule has 0 aliphatic rings. The van der Waals surface area contributed by atoms with Crippen LogP contribution in [0, 0.1) is 0 Å². The number of alkyl halides is 3. The van der Waals surface area contributed by atoms with Crippen LogP contribution in [0.25, 0.3) is 11.1 Å². The second kappa shape index (κ2) is 6.93. The van der Waals surface area contributed by atoms with Crippen molar-refractivity contribution < 1.29 is 28.5 Å². The highest BCUT2D eigenvalue weighted by Gasteiger charge is 2.40. The first-order valence-electron chi connectivity index (χ1n) is 6.87. The molecule has 0 unspecified atom stereocenters. The standard InChI is InChI=1S/C15H15ClF3N3O2.H2O/c1-14(2,3)22-12(21-13(24)15(17,18)19)10(7-20-22)9-6-8(16)4-5-11(9)23;/h4-7,23H,1-3H3,(H,21,24);1H2. The molecule has 0 atom stereocenters. The van der Waals surface area contributed by atoms with Crippen LogP contribution in [0.2, 0.25) is 5.02 Å². The Morgan fingerprint density at radius 2 is 1.84 bits per heavy atom. The van der Waals surface area contributed by atoms with E-state index in [0.29, 0.717) is 0 Å². The number of amides is 1. The van der Waals surface area contributed by atoms with E-state index in [9.17, 15) is 23.1 Å². The highest BCUT2D eigenvalue weighted by molar-refractivity contribution is 6.31. The van der Waals surface area contributed by atoms with Crippen molar-refractivity contribution in [3.05, 3.63) is 29.4 Å². The first-order valence-corrected chi connectivity index (χ1v) is 7.24. The minimum atomic E-state index is -5.05. The van der Waals surface area contributed by atoms with Crippen molar-refractivity contribution in [2.75, 3.05) is 5.32 Å². The number of carbonyl (C=O) groups is 1. The van der Waals surface area contributed by atoms with Crippen LogP contribution in [0.15, 0.2) is 24.4 Å². The van der Waals surface area contributed by atoms with Gasteiger partial charge in [-0.25, -0.2) is 4.68 Å². The molecule has 1 aromatic heterocycles. The maximum Gasteiger partial charge on any atom is 0.471 e. The van der Waals surface area contributed by atoms with Gasteiger partial charge in [0.15, 0.2) is 0 Å². The van der Waals surface area contributed by atoms with Gasteiger partial charge in [-0.2, -0.15) is 18.3 Å². The summed E-state index contributed by atoms with van der Waals surface area (Å²) in [6.07, 6.45) is -3.79. The topological polar surface area (TPSA) is 98.7 Å². The van der Waals surface area contributed by atoms with Crippen LogP contribution in [-0.4, -0.2) is 32.4 Å². The first kappa shape index (κ1) is 20.8. The summed E-state index contributed by atoms with van der Waals surface area (Å²) in [6.45, 7) is 5.14. The summed E-state index contributed by atoms with van der Waals surface area (Å²) in [7, 11) is 0. The Hall–Kier alpha value is -2.26. The van der Waals surface area contributed by atoms with Crippen LogP contribution >= 0.6 is 11.6 Å². The molecule has 2 rings (SSSR count). The Bertz CT molecular complexity index is 783. The van der Waals surface area contributed by atoms with Gasteiger partial charge in [-0.1, -0.05) is 11.6 Å². The number of hydrogen-bond acceptors (Lipinski definition) is 3. The van der Waals surface area contributed by atoms with Gasteiger partial charge in [0.25, 0.3) is 0 Å². The molecule has 0 saturated heterocycles. The lowest BCUT2D eigenvalue weighted by Crippen LogP contribution is -2.33. The molecule has 0 bridgehead atoms. The third-order valence-corrected chi connectivity index (χ3v) is 3.38. The average Bonchev–Trinajstić information content (AvgIpc) is 2.84. The van der Waals surface area contributed by atoms with E-state index in [0.717, 1.165) is 0 Å². The summed E-state index contributed by atoms with van der Waals surface area (Å²) < 4.78 is 39.1. The molecular weight excluding hydrogens is 363 g/mol. The molecule has 10 heteroatoms. The normalized spacial score (nSPS) is 11.8. The second-order valence-corrected chi connectivity index (χ2v) is 6.54. The molecule has 0 spiro atoms. The number of nitrogens with zero attached hydrogens (tertiary/aromatic N) is 2. The van der Waals surface area contributed by atoms with E-state index in [2.05, 4.69) is 5.10 Å². The molecule has 0 radical (unpaired) electrons. The number of hydrogen-bond donors (Lipinski definition) is 2. The largest absolute Gasteiger partial charge is 0.507 e. The summed E-state index contributed by atoms with van der Waals surface area (Å²) in [6, 6.07) is 4.12. The van der Waals surface area contributed by atoms with Gasteiger partial charge in [0.1, 0.15) is 11.6 Å². The number of phenolic OH excluding ortho intramolecular Hbond substituents is 1. The summed E-state index contributed by atoms with van der Waals surface area (Å²) in [4.78, 5) is 11.4. The molecule has 2 aromatic rings. The zero-order valence-corrected chi connectivity index (χ0v) is 14.3. The number of carbonyl (C=O) groups excluding carboxylic acids is 1. The number of nitrogens with one attached hydrogen (secondary N) is 1. The van der Waals surface area contributed by atoms with E-state index in [4.69, 9.17) is 11.6 Å². The number of phenols is 1. The third kappa shape index (κ3) is 4.43. The molecule has 25 heavy (non-hydrogen) atoms. The summed E-state index contributed by atoms with van der Waals surface area (Å²) in [5, 5.41) is 16.1. The van der Waals surface area contributed by atoms with E-state index in [1.54, 1.807) is 20.8 Å². The van der Waals surface area contributed by atoms with Gasteiger partial charge < -0.3 is 15.9 Å². The highest BCUT2D eigenvalue weighted by Crippen LogP contribution is 2.38. The average molecular weight is 380 g/mol. The summed E-state index contributed by atoms with van der Waals surface area (Å²) in [5.74, 6) is -2.51. The van der Waals surface area contributed by atoms with Crippen molar-refractivity contribution in [2.45, 2.75) is 32.5 Å². The van der Waals surface area contributed by atoms with Crippen molar-refractivity contribution in [3.63, 3.8) is 0 Å². The van der Waals surface area contributed by atoms with Crippen molar-refractivity contribution in [3.8, 4) is 16.9 Å². The lowest BCUT2D eigenvalue weighted by atomic mass is 10.1. The van der Waals surface area contributed by atoms with Crippen LogP contribution in [0.5, 0.6) is 5.75 Å². The fourth-order valence-electron chi connectivity index (χ4n) is 2.08. The number of halogens is 4. The molecule has 138 valence electrons. The SMILES string of the molecule is CC(C)(C)n1ncc(-c2cc(Cl)ccc2O)c1NC(=O)C(F)(F)F.O. The lowest BCUT2D eigenvalue weighted by molar-refractivity contribution is -0.167. The van der Waals surface area contributed by atoms with Crippen molar-refractivity contribution in [2.24, 2.45) is 0 Å². The fourth-order valence-corrected chi connectivity index (χ4v) is 2.25. The van der Waals surface area contributed by atoms with Gasteiger partial charge in [-0.3, -0.25) is 4.79 Å². The van der Waals surface area contributed by atoms with E-state index in [1.165, 1.54) is 29.1 Å². The minimum absolute atomic E-state index is 0. The molecule has 4 N–H and O–H groups in total. The number of aromatic nitrogens is 2. The fraction of sp³-hybridized carbons (Fsp3) is 0.333. The third-order valence-electron chi connectivity index (χ3n) is 3.14. The number of aromatic hydroxyl groups is 1. The molecule has 0 aliphatic carbocycles. The summed E-state index contributed by atoms with van der Waals surface area (Å²) in [5.41, 5.74) is -0.418. The van der Waals surface area contributed by atoms with Crippen LogP contribution in [0.4, 0.5) is 19.0 Å². The second-order valence-electron chi connectivity index (χ2n) is 6.10. The van der Waals surface area contributed by atoms with E-state index >= 15 is 0 Å². The summed E-state index contributed by atoms with van der Waals surface area (Å²) >= 11 is 5.89. The molecule has 1 heterocycles. The zero-order chi connectivity index (χ0) is 18.3. The molecule has 1 aromatic carbocycles. The molecule has 1 amide bonds. The monoisotopic (exact) mass is 379 g/mol. The molecular formula is C15H17ClF3N3O3. The minimum Gasteiger partial charge on any atom is -0.507 e. The van der Waals surface area contributed by atoms with Gasteiger partial charge in [-0.05, 0) is 39.0 Å². The van der Waals surface area contributed by atoms with E-state index < -0.39 is 17.6 Å². The molecule has 0 fully saturated rings. The quantitative estimate of drug-likeness (QED) is 0.837. The van der Waals surface area contributed by atoms with E-state index in [-0.39, 0.29) is 33.2 Å². The lowest BCUT2D eigenvalue weighted by Gasteiger charge is -2.23. The van der Waals surface area contributed by atoms with Gasteiger partial charge >= 0.3 is 12.1 Å². The maximum atomic E-state index is 12.6. The molecule has 0 aliphatic heterocycles. The van der Waals surface area contributed by atoms with Gasteiger partial charge in [0.2, 0.25) is 0 Å². The Labute approximate surface area is 146 Å². The smallest absolute Gasteiger partial charge is 0.471 e. The van der Waals surface area contributed by atoms with Crippen molar-refractivity contribution in [1.82, 2.24) is 9.78 Å². The number of anilines is 1. The van der Waals surface area contributed by atoms with Crippen LogP contribution in [-0.2, 0) is 10.3 Å². The predicted molar refractivity (Wildman–Crippen MR) is 87.6 cm³/mol. The van der Waals surface area contributed by atoms with Crippen molar-refractivity contribution in [1.29, 1.82) is 0 Å². The Kier molecular flexibility index (Phi) is 5.76. The van der Waals surface area contributed by atoms with Crippen LogP contribution < -0.4 is 5.32 Å². The van der Waals surface area contributed by atoms with Crippen LogP contribution in [0.3, 0.4) is 0 Å². The van der Waals surface area contributed by atoms with Gasteiger partial charge in [0.05, 0.1) is 11.7 Å². The first-order chi connectivity index (χ1) is 10.9. The van der Waals surface area contributed by atoms with Crippen molar-refractivity contribution >= 4 is 23.3 Å². The maximum absolute atomic E-state index is 12.6. The zero-order valence-electron chi connectivity index (χ0n) is 13.6. The van der Waals surface area contributed by atoms with Gasteiger partial charge in [-0.15, -0.1) is 0 Å². The Balaban J connectivity index is 0.00000312. The highest BCUT2D eigenvalue weighted by atomic mass is 35.5. The number of benzene rings is 1. The molecule has 0 saturated carbocycles. The van der Waals surface area contributed by atoms with E-state index in [1.807, 2.05) is 5.32 Å². The Morgan fingerprint density at radius 3 is 2.36 bits per heavy atom. The number of rotatable bonds is 2. The predicted octanol–water partition coefficient (Wildman–Crippen LogP) is 3.34.